The average Bonchev–Trinajstić information content (AvgIpc) is 2.63. The van der Waals surface area contributed by atoms with E-state index in [9.17, 15) is 10.2 Å². The molecular formula is C22H36O2. The minimum Gasteiger partial charge on any atom is -0.396 e. The molecule has 2 N–H and O–H groups in total. The second kappa shape index (κ2) is 10.0. The van der Waals surface area contributed by atoms with Crippen LogP contribution in [0.15, 0.2) is 43.0 Å². The molecule has 2 nitrogen and oxygen atoms in total. The molecule has 1 aromatic rings. The van der Waals surface area contributed by atoms with E-state index in [1.807, 2.05) is 24.3 Å². The molecule has 1 aromatic carbocycles. The molecule has 0 heterocycles. The number of benzene rings is 1. The maximum atomic E-state index is 10.8. The molecule has 5 atom stereocenters. The van der Waals surface area contributed by atoms with Crippen molar-refractivity contribution in [2.45, 2.75) is 59.5 Å². The summed E-state index contributed by atoms with van der Waals surface area (Å²) in [5, 5.41) is 20.9. The Hall–Kier alpha value is -1.12. The largest absolute Gasteiger partial charge is 0.396 e. The van der Waals surface area contributed by atoms with Gasteiger partial charge in [0.05, 0.1) is 6.10 Å². The lowest BCUT2D eigenvalue weighted by molar-refractivity contribution is -0.0274. The summed E-state index contributed by atoms with van der Waals surface area (Å²) in [6, 6.07) is 10.2. The van der Waals surface area contributed by atoms with Gasteiger partial charge in [0.1, 0.15) is 0 Å². The van der Waals surface area contributed by atoms with E-state index in [2.05, 4.69) is 46.4 Å². The number of aliphatic hydroxyl groups is 2. The fraction of sp³-hybridized carbons (Fsp3) is 0.636. The molecule has 0 aromatic heterocycles. The van der Waals surface area contributed by atoms with Crippen molar-refractivity contribution in [2.24, 2.45) is 23.2 Å². The van der Waals surface area contributed by atoms with Crippen molar-refractivity contribution >= 4 is 0 Å². The van der Waals surface area contributed by atoms with Gasteiger partial charge in [-0.2, -0.15) is 0 Å². The first-order chi connectivity index (χ1) is 11.4. The summed E-state index contributed by atoms with van der Waals surface area (Å²) in [5.41, 5.74) is 1.16. The van der Waals surface area contributed by atoms with E-state index in [-0.39, 0.29) is 23.9 Å². The predicted molar refractivity (Wildman–Crippen MR) is 103 cm³/mol. The van der Waals surface area contributed by atoms with Crippen molar-refractivity contribution in [3.8, 4) is 0 Å². The zero-order chi connectivity index (χ0) is 18.2. The molecule has 0 aliphatic heterocycles. The number of hydrogen-bond donors (Lipinski definition) is 2. The fourth-order valence-corrected chi connectivity index (χ4v) is 3.98. The Balaban J connectivity index is 2.93. The third-order valence-electron chi connectivity index (χ3n) is 5.98. The standard InChI is InChI=1S/C22H36O2/c1-6-17(4)21(22(5,7-2)8-3)19(16-23)20(24)15-14-18-12-10-9-11-13-18/h7,9-13,17,19-21,23-24H,2,6,8,14-16H2,1,3-5H3. The summed E-state index contributed by atoms with van der Waals surface area (Å²) >= 11 is 0. The van der Waals surface area contributed by atoms with Crippen LogP contribution < -0.4 is 0 Å². The van der Waals surface area contributed by atoms with Crippen LogP contribution in [0.3, 0.4) is 0 Å². The van der Waals surface area contributed by atoms with E-state index in [0.717, 1.165) is 19.3 Å². The van der Waals surface area contributed by atoms with Gasteiger partial charge in [0.15, 0.2) is 0 Å². The van der Waals surface area contributed by atoms with Crippen molar-refractivity contribution in [2.75, 3.05) is 6.61 Å². The molecule has 0 saturated heterocycles. The zero-order valence-corrected chi connectivity index (χ0v) is 15.9. The highest BCUT2D eigenvalue weighted by molar-refractivity contribution is 5.14. The highest BCUT2D eigenvalue weighted by Crippen LogP contribution is 2.44. The van der Waals surface area contributed by atoms with Crippen LogP contribution >= 0.6 is 0 Å². The molecule has 0 spiro atoms. The first kappa shape index (κ1) is 20.9. The summed E-state index contributed by atoms with van der Waals surface area (Å²) < 4.78 is 0. The Morgan fingerprint density at radius 2 is 1.83 bits per heavy atom. The van der Waals surface area contributed by atoms with Crippen LogP contribution in [0.25, 0.3) is 0 Å². The second-order valence-electron chi connectivity index (χ2n) is 7.41. The molecule has 0 fully saturated rings. The monoisotopic (exact) mass is 332 g/mol. The van der Waals surface area contributed by atoms with Gasteiger partial charge in [0.25, 0.3) is 0 Å². The number of hydrogen-bond acceptors (Lipinski definition) is 2. The first-order valence-corrected chi connectivity index (χ1v) is 9.39. The molecule has 0 aliphatic rings. The van der Waals surface area contributed by atoms with Crippen molar-refractivity contribution in [3.05, 3.63) is 48.6 Å². The number of aliphatic hydroxyl groups excluding tert-OH is 2. The molecule has 0 bridgehead atoms. The Labute approximate surface area is 148 Å². The summed E-state index contributed by atoms with van der Waals surface area (Å²) in [4.78, 5) is 0. The van der Waals surface area contributed by atoms with Gasteiger partial charge in [-0.15, -0.1) is 6.58 Å². The minimum atomic E-state index is -0.500. The molecule has 24 heavy (non-hydrogen) atoms. The number of aryl methyl sites for hydroxylation is 1. The molecule has 2 heteroatoms. The smallest absolute Gasteiger partial charge is 0.0596 e. The van der Waals surface area contributed by atoms with E-state index >= 15 is 0 Å². The van der Waals surface area contributed by atoms with Crippen molar-refractivity contribution < 1.29 is 10.2 Å². The third kappa shape index (κ3) is 5.19. The first-order valence-electron chi connectivity index (χ1n) is 9.39. The van der Waals surface area contributed by atoms with E-state index < -0.39 is 6.10 Å². The summed E-state index contributed by atoms with van der Waals surface area (Å²) in [5.74, 6) is 0.531. The molecule has 0 radical (unpaired) electrons. The van der Waals surface area contributed by atoms with Crippen LogP contribution in [0.5, 0.6) is 0 Å². The van der Waals surface area contributed by atoms with Gasteiger partial charge in [0, 0.05) is 12.5 Å². The summed E-state index contributed by atoms with van der Waals surface area (Å²) in [7, 11) is 0. The zero-order valence-electron chi connectivity index (χ0n) is 15.9. The lowest BCUT2D eigenvalue weighted by Crippen LogP contribution is -2.43. The van der Waals surface area contributed by atoms with E-state index in [1.54, 1.807) is 0 Å². The van der Waals surface area contributed by atoms with Gasteiger partial charge in [0.2, 0.25) is 0 Å². The van der Waals surface area contributed by atoms with Gasteiger partial charge in [-0.05, 0) is 42.1 Å². The van der Waals surface area contributed by atoms with Gasteiger partial charge in [-0.25, -0.2) is 0 Å². The maximum Gasteiger partial charge on any atom is 0.0596 e. The third-order valence-corrected chi connectivity index (χ3v) is 5.98. The fourth-order valence-electron chi connectivity index (χ4n) is 3.98. The molecule has 0 saturated carbocycles. The molecule has 0 amide bonds. The van der Waals surface area contributed by atoms with E-state index in [0.29, 0.717) is 12.3 Å². The number of allylic oxidation sites excluding steroid dienone is 1. The van der Waals surface area contributed by atoms with Gasteiger partial charge >= 0.3 is 0 Å². The van der Waals surface area contributed by atoms with Gasteiger partial charge in [-0.1, -0.05) is 70.5 Å². The average molecular weight is 333 g/mol. The normalized spacial score (nSPS) is 19.1. The SMILES string of the molecule is C=CC(C)(CC)C(C(C)CC)C(CO)C(O)CCc1ccccc1. The Kier molecular flexibility index (Phi) is 8.72. The summed E-state index contributed by atoms with van der Waals surface area (Å²) in [6.07, 6.45) is 5.04. The van der Waals surface area contributed by atoms with Crippen molar-refractivity contribution in [3.63, 3.8) is 0 Å². The highest BCUT2D eigenvalue weighted by Gasteiger charge is 2.41. The number of rotatable bonds is 11. The molecular weight excluding hydrogens is 296 g/mol. The Morgan fingerprint density at radius 1 is 1.21 bits per heavy atom. The van der Waals surface area contributed by atoms with Crippen molar-refractivity contribution in [1.29, 1.82) is 0 Å². The quantitative estimate of drug-likeness (QED) is 0.569. The second-order valence-corrected chi connectivity index (χ2v) is 7.41. The maximum absolute atomic E-state index is 10.8. The predicted octanol–water partition coefficient (Wildman–Crippen LogP) is 4.85. The molecule has 136 valence electrons. The van der Waals surface area contributed by atoms with Crippen LogP contribution in [-0.2, 0) is 6.42 Å². The summed E-state index contributed by atoms with van der Waals surface area (Å²) in [6.45, 7) is 12.9. The van der Waals surface area contributed by atoms with E-state index in [1.165, 1.54) is 5.56 Å². The van der Waals surface area contributed by atoms with E-state index in [4.69, 9.17) is 0 Å². The molecule has 1 rings (SSSR count). The topological polar surface area (TPSA) is 40.5 Å². The van der Waals surface area contributed by atoms with Crippen LogP contribution in [0.2, 0.25) is 0 Å². The lowest BCUT2D eigenvalue weighted by atomic mass is 9.62. The molecule has 0 aliphatic carbocycles. The van der Waals surface area contributed by atoms with Gasteiger partial charge < -0.3 is 10.2 Å². The van der Waals surface area contributed by atoms with Crippen LogP contribution in [-0.4, -0.2) is 22.9 Å². The molecule has 5 unspecified atom stereocenters. The Morgan fingerprint density at radius 3 is 2.29 bits per heavy atom. The van der Waals surface area contributed by atoms with Crippen LogP contribution in [0.4, 0.5) is 0 Å². The highest BCUT2D eigenvalue weighted by atomic mass is 16.3. The Bertz CT molecular complexity index is 470. The van der Waals surface area contributed by atoms with Gasteiger partial charge in [-0.3, -0.25) is 0 Å². The van der Waals surface area contributed by atoms with Crippen LogP contribution in [0.1, 0.15) is 52.5 Å². The van der Waals surface area contributed by atoms with Crippen LogP contribution in [0, 0.1) is 23.2 Å². The minimum absolute atomic E-state index is 0.0222. The lowest BCUT2D eigenvalue weighted by Gasteiger charge is -2.44. The van der Waals surface area contributed by atoms with Crippen molar-refractivity contribution in [1.82, 2.24) is 0 Å².